The molecule has 9 heteroatoms. The van der Waals surface area contributed by atoms with Crippen LogP contribution in [0.1, 0.15) is 40.4 Å². The summed E-state index contributed by atoms with van der Waals surface area (Å²) < 4.78 is 19.1. The van der Waals surface area contributed by atoms with Crippen molar-refractivity contribution in [1.82, 2.24) is 19.4 Å². The molecule has 6 rings (SSSR count). The van der Waals surface area contributed by atoms with Crippen LogP contribution in [0.2, 0.25) is 0 Å². The summed E-state index contributed by atoms with van der Waals surface area (Å²) in [6.07, 6.45) is 3.67. The Bertz CT molecular complexity index is 1720. The number of likely N-dealkylation sites (N-methyl/N-ethyl adjacent to an activating group) is 1. The number of benzene rings is 3. The molecular formula is C37H43N5O4. The number of para-hydroxylation sites is 2. The molecule has 1 atom stereocenters. The van der Waals surface area contributed by atoms with E-state index in [9.17, 15) is 4.79 Å². The van der Waals surface area contributed by atoms with Gasteiger partial charge in [-0.25, -0.2) is 4.98 Å². The normalized spacial score (nSPS) is 14.6. The van der Waals surface area contributed by atoms with Crippen LogP contribution < -0.4 is 14.4 Å². The molecule has 0 aliphatic carbocycles. The Hall–Kier alpha value is -4.76. The summed E-state index contributed by atoms with van der Waals surface area (Å²) in [5.41, 5.74) is 3.94. The van der Waals surface area contributed by atoms with E-state index in [1.165, 1.54) is 0 Å². The van der Waals surface area contributed by atoms with E-state index in [4.69, 9.17) is 18.9 Å². The molecule has 1 unspecified atom stereocenters. The van der Waals surface area contributed by atoms with Crippen LogP contribution in [-0.2, 0) is 6.54 Å². The number of amides is 1. The number of nitrogens with zero attached hydrogens (tertiary/aromatic N) is 5. The second kappa shape index (κ2) is 14.6. The van der Waals surface area contributed by atoms with Crippen molar-refractivity contribution in [1.29, 1.82) is 0 Å². The highest BCUT2D eigenvalue weighted by Crippen LogP contribution is 2.33. The van der Waals surface area contributed by atoms with Gasteiger partial charge in [0.05, 0.1) is 38.1 Å². The molecule has 1 aliphatic rings. The number of hydrogen-bond acceptors (Lipinski definition) is 7. The number of methoxy groups -OCH3 is 2. The van der Waals surface area contributed by atoms with Gasteiger partial charge in [-0.05, 0) is 80.0 Å². The highest BCUT2D eigenvalue weighted by molar-refractivity contribution is 5.94. The molecule has 0 N–H and O–H groups in total. The minimum absolute atomic E-state index is 0.0222. The van der Waals surface area contributed by atoms with E-state index in [0.29, 0.717) is 30.2 Å². The molecule has 46 heavy (non-hydrogen) atoms. The Morgan fingerprint density at radius 2 is 1.72 bits per heavy atom. The van der Waals surface area contributed by atoms with E-state index in [-0.39, 0.29) is 11.8 Å². The first-order valence-electron chi connectivity index (χ1n) is 16.0. The number of carbonyl (C=O) groups excluding carboxylic acids is 1. The Morgan fingerprint density at radius 1 is 0.913 bits per heavy atom. The molecule has 0 radical (unpaired) electrons. The van der Waals surface area contributed by atoms with Gasteiger partial charge in [-0.1, -0.05) is 36.4 Å². The van der Waals surface area contributed by atoms with Crippen molar-refractivity contribution < 1.29 is 18.7 Å². The fraction of sp³-hybridized carbons (Fsp3) is 0.351. The molecule has 9 nitrogen and oxygen atoms in total. The average molecular weight is 622 g/mol. The van der Waals surface area contributed by atoms with Crippen molar-refractivity contribution in [3.8, 4) is 11.5 Å². The van der Waals surface area contributed by atoms with Crippen molar-refractivity contribution in [2.24, 2.45) is 0 Å². The maximum atomic E-state index is 13.3. The first-order chi connectivity index (χ1) is 22.5. The molecule has 0 spiro atoms. The number of carbonyl (C=O) groups is 1. The fourth-order valence-electron chi connectivity index (χ4n) is 6.44. The Balaban J connectivity index is 1.17. The average Bonchev–Trinajstić information content (AvgIpc) is 3.68. The number of imidazole rings is 1. The van der Waals surface area contributed by atoms with E-state index in [0.717, 1.165) is 73.9 Å². The number of ether oxygens (including phenoxy) is 2. The molecule has 3 aromatic carbocycles. The van der Waals surface area contributed by atoms with Crippen LogP contribution >= 0.6 is 0 Å². The van der Waals surface area contributed by atoms with Crippen molar-refractivity contribution in [2.75, 3.05) is 65.4 Å². The first kappa shape index (κ1) is 31.2. The van der Waals surface area contributed by atoms with Crippen molar-refractivity contribution in [3.05, 3.63) is 108 Å². The predicted molar refractivity (Wildman–Crippen MR) is 181 cm³/mol. The third-order valence-electron chi connectivity index (χ3n) is 8.93. The molecule has 1 fully saturated rings. The molecule has 1 amide bonds. The fourth-order valence-corrected chi connectivity index (χ4v) is 6.44. The molecule has 240 valence electrons. The van der Waals surface area contributed by atoms with Crippen LogP contribution in [0.3, 0.4) is 0 Å². The topological polar surface area (TPSA) is 76.2 Å². The first-order valence-corrected chi connectivity index (χ1v) is 16.0. The lowest BCUT2D eigenvalue weighted by molar-refractivity contribution is 0.0782. The monoisotopic (exact) mass is 621 g/mol. The number of aromatic nitrogens is 2. The van der Waals surface area contributed by atoms with Crippen LogP contribution in [0, 0.1) is 0 Å². The van der Waals surface area contributed by atoms with Gasteiger partial charge < -0.3 is 33.2 Å². The number of rotatable bonds is 12. The summed E-state index contributed by atoms with van der Waals surface area (Å²) in [5.74, 6) is 3.44. The molecule has 1 saturated heterocycles. The Kier molecular flexibility index (Phi) is 9.88. The standard InChI is InChI=1S/C37H43N5O4/c1-39(36(43)28-11-5-4-6-12-28)26-30(29-16-17-34(44-2)35(25-29)45-3)18-21-40-19-10-20-41(23-22-40)37-38-32-14-7-8-15-33(32)42(37)27-31-13-9-24-46-31/h4-9,11-17,24-25,30H,10,18-23,26-27H2,1-3H3. The zero-order chi connectivity index (χ0) is 31.9. The van der Waals surface area contributed by atoms with E-state index in [1.807, 2.05) is 66.5 Å². The van der Waals surface area contributed by atoms with Crippen molar-refractivity contribution in [2.45, 2.75) is 25.3 Å². The van der Waals surface area contributed by atoms with Gasteiger partial charge in [0, 0.05) is 44.7 Å². The number of fused-ring (bicyclic) bond motifs is 1. The summed E-state index contributed by atoms with van der Waals surface area (Å²) in [4.78, 5) is 25.2. The van der Waals surface area contributed by atoms with E-state index < -0.39 is 0 Å². The highest BCUT2D eigenvalue weighted by Gasteiger charge is 2.24. The van der Waals surface area contributed by atoms with Crippen LogP contribution in [-0.4, -0.2) is 85.8 Å². The minimum atomic E-state index is 0.0222. The van der Waals surface area contributed by atoms with Gasteiger partial charge in [-0.15, -0.1) is 0 Å². The third kappa shape index (κ3) is 7.05. The van der Waals surface area contributed by atoms with Gasteiger partial charge in [0.15, 0.2) is 11.5 Å². The Morgan fingerprint density at radius 3 is 2.50 bits per heavy atom. The molecule has 5 aromatic rings. The summed E-state index contributed by atoms with van der Waals surface area (Å²) in [6, 6.07) is 27.9. The van der Waals surface area contributed by atoms with Gasteiger partial charge in [0.2, 0.25) is 5.95 Å². The second-order valence-corrected chi connectivity index (χ2v) is 11.9. The second-order valence-electron chi connectivity index (χ2n) is 11.9. The summed E-state index contributed by atoms with van der Waals surface area (Å²) in [6.45, 7) is 5.92. The lowest BCUT2D eigenvalue weighted by atomic mass is 9.94. The lowest BCUT2D eigenvalue weighted by Gasteiger charge is -2.28. The largest absolute Gasteiger partial charge is 0.493 e. The molecule has 1 aliphatic heterocycles. The number of hydrogen-bond donors (Lipinski definition) is 0. The van der Waals surface area contributed by atoms with E-state index in [1.54, 1.807) is 20.5 Å². The lowest BCUT2D eigenvalue weighted by Crippen LogP contribution is -2.35. The van der Waals surface area contributed by atoms with Gasteiger partial charge >= 0.3 is 0 Å². The molecule has 0 saturated carbocycles. The summed E-state index contributed by atoms with van der Waals surface area (Å²) >= 11 is 0. The SMILES string of the molecule is COc1ccc(C(CCN2CCCN(c3nc4ccccc4n3Cc3ccco3)CC2)CN(C)C(=O)c2ccccc2)cc1OC. The van der Waals surface area contributed by atoms with Gasteiger partial charge in [0.1, 0.15) is 5.76 Å². The zero-order valence-corrected chi connectivity index (χ0v) is 27.0. The van der Waals surface area contributed by atoms with Gasteiger partial charge in [0.25, 0.3) is 5.91 Å². The molecule has 0 bridgehead atoms. The predicted octanol–water partition coefficient (Wildman–Crippen LogP) is 6.15. The molecule has 3 heterocycles. The van der Waals surface area contributed by atoms with Crippen LogP contribution in [0.25, 0.3) is 11.0 Å². The highest BCUT2D eigenvalue weighted by atomic mass is 16.5. The van der Waals surface area contributed by atoms with E-state index in [2.05, 4.69) is 44.7 Å². The number of anilines is 1. The van der Waals surface area contributed by atoms with E-state index >= 15 is 0 Å². The number of furan rings is 1. The van der Waals surface area contributed by atoms with Gasteiger partial charge in [-0.3, -0.25) is 4.79 Å². The van der Waals surface area contributed by atoms with Crippen molar-refractivity contribution in [3.63, 3.8) is 0 Å². The Labute approximate surface area is 270 Å². The smallest absolute Gasteiger partial charge is 0.253 e. The van der Waals surface area contributed by atoms with Crippen molar-refractivity contribution >= 4 is 22.9 Å². The summed E-state index contributed by atoms with van der Waals surface area (Å²) in [7, 11) is 5.20. The van der Waals surface area contributed by atoms with Crippen LogP contribution in [0.4, 0.5) is 5.95 Å². The molecular weight excluding hydrogens is 578 g/mol. The third-order valence-corrected chi connectivity index (χ3v) is 8.93. The minimum Gasteiger partial charge on any atom is -0.493 e. The summed E-state index contributed by atoms with van der Waals surface area (Å²) in [5, 5.41) is 0. The quantitative estimate of drug-likeness (QED) is 0.165. The van der Waals surface area contributed by atoms with Gasteiger partial charge in [-0.2, -0.15) is 0 Å². The van der Waals surface area contributed by atoms with Crippen LogP contribution in [0.15, 0.2) is 95.6 Å². The maximum Gasteiger partial charge on any atom is 0.253 e. The maximum absolute atomic E-state index is 13.3. The zero-order valence-electron chi connectivity index (χ0n) is 27.0. The van der Waals surface area contributed by atoms with Crippen LogP contribution in [0.5, 0.6) is 11.5 Å². The molecule has 2 aromatic heterocycles.